The fourth-order valence-electron chi connectivity index (χ4n) is 2.69. The van der Waals surface area contributed by atoms with E-state index in [1.807, 2.05) is 0 Å². The quantitative estimate of drug-likeness (QED) is 0.562. The zero-order chi connectivity index (χ0) is 19.7. The summed E-state index contributed by atoms with van der Waals surface area (Å²) in [7, 11) is 1.73. The molecule has 3 heterocycles. The number of benzene rings is 1. The fraction of sp³-hybridized carbons (Fsp3) is 0.0556. The summed E-state index contributed by atoms with van der Waals surface area (Å²) in [5.41, 5.74) is -0.0445. The van der Waals surface area contributed by atoms with Crippen LogP contribution in [0.2, 0.25) is 0 Å². The Kier molecular flexibility index (Phi) is 4.25. The highest BCUT2D eigenvalue weighted by molar-refractivity contribution is 5.82. The molecule has 3 aromatic heterocycles. The predicted octanol–water partition coefficient (Wildman–Crippen LogP) is 3.15. The number of nitrogens with one attached hydrogen (secondary N) is 2. The molecule has 28 heavy (non-hydrogen) atoms. The number of pyridine rings is 1. The summed E-state index contributed by atoms with van der Waals surface area (Å²) in [6.45, 7) is 0. The number of nitrogens with zero attached hydrogens (tertiary/aromatic N) is 6. The molecule has 4 rings (SSSR count). The summed E-state index contributed by atoms with van der Waals surface area (Å²) in [6, 6.07) is 6.93. The van der Waals surface area contributed by atoms with Gasteiger partial charge in [-0.1, -0.05) is 0 Å². The van der Waals surface area contributed by atoms with E-state index in [-0.39, 0.29) is 11.3 Å². The van der Waals surface area contributed by atoms with E-state index in [4.69, 9.17) is 5.26 Å². The van der Waals surface area contributed by atoms with Gasteiger partial charge in [-0.2, -0.15) is 10.4 Å². The summed E-state index contributed by atoms with van der Waals surface area (Å²) < 4.78 is 30.0. The highest BCUT2D eigenvalue weighted by atomic mass is 19.1. The zero-order valence-corrected chi connectivity index (χ0v) is 14.5. The minimum Gasteiger partial charge on any atom is -0.373 e. The van der Waals surface area contributed by atoms with Gasteiger partial charge in [0.25, 0.3) is 0 Å². The molecule has 0 spiro atoms. The van der Waals surface area contributed by atoms with Crippen LogP contribution in [0, 0.1) is 23.0 Å². The fourth-order valence-corrected chi connectivity index (χ4v) is 2.69. The Labute approximate surface area is 157 Å². The molecule has 0 saturated heterocycles. The Hall–Kier alpha value is -4.13. The van der Waals surface area contributed by atoms with Crippen LogP contribution in [-0.4, -0.2) is 31.8 Å². The van der Waals surface area contributed by atoms with Crippen molar-refractivity contribution in [3.05, 3.63) is 60.2 Å². The number of halogens is 2. The molecule has 0 aliphatic rings. The minimum absolute atomic E-state index is 0.108. The van der Waals surface area contributed by atoms with E-state index >= 15 is 0 Å². The second-order valence-electron chi connectivity index (χ2n) is 5.75. The Morgan fingerprint density at radius 3 is 2.39 bits per heavy atom. The lowest BCUT2D eigenvalue weighted by Gasteiger charge is -2.09. The van der Waals surface area contributed by atoms with Gasteiger partial charge < -0.3 is 10.6 Å². The second kappa shape index (κ2) is 6.88. The SMILES string of the molecule is CNc1cc(Nc2cc3c(cn2)cnn3-c2c(F)cc(C#N)cc2F)ncn1. The summed E-state index contributed by atoms with van der Waals surface area (Å²) in [5.74, 6) is -0.257. The van der Waals surface area contributed by atoms with Gasteiger partial charge in [-0.3, -0.25) is 0 Å². The number of hydrogen-bond acceptors (Lipinski definition) is 7. The van der Waals surface area contributed by atoms with Crippen molar-refractivity contribution in [2.24, 2.45) is 0 Å². The van der Waals surface area contributed by atoms with E-state index in [0.29, 0.717) is 28.4 Å². The molecule has 0 fully saturated rings. The number of aromatic nitrogens is 5. The van der Waals surface area contributed by atoms with Crippen molar-refractivity contribution in [3.8, 4) is 11.8 Å². The van der Waals surface area contributed by atoms with Gasteiger partial charge in [-0.05, 0) is 12.1 Å². The first kappa shape index (κ1) is 17.3. The Bertz CT molecular complexity index is 1200. The van der Waals surface area contributed by atoms with E-state index in [1.165, 1.54) is 18.7 Å². The highest BCUT2D eigenvalue weighted by Gasteiger charge is 2.17. The van der Waals surface area contributed by atoms with Crippen LogP contribution in [0.1, 0.15) is 5.56 Å². The number of hydrogen-bond donors (Lipinski definition) is 2. The van der Waals surface area contributed by atoms with Crippen LogP contribution < -0.4 is 10.6 Å². The van der Waals surface area contributed by atoms with Crippen LogP contribution in [0.15, 0.2) is 43.0 Å². The van der Waals surface area contributed by atoms with Crippen LogP contribution in [0.4, 0.5) is 26.2 Å². The molecular weight excluding hydrogens is 366 g/mol. The first-order chi connectivity index (χ1) is 13.6. The van der Waals surface area contributed by atoms with E-state index in [2.05, 4.69) is 30.7 Å². The number of anilines is 3. The van der Waals surface area contributed by atoms with Gasteiger partial charge in [0.2, 0.25) is 0 Å². The maximum absolute atomic E-state index is 14.4. The van der Waals surface area contributed by atoms with Crippen LogP contribution in [-0.2, 0) is 0 Å². The molecule has 0 amide bonds. The second-order valence-corrected chi connectivity index (χ2v) is 5.75. The van der Waals surface area contributed by atoms with Crippen molar-refractivity contribution in [3.63, 3.8) is 0 Å². The summed E-state index contributed by atoms with van der Waals surface area (Å²) in [6.07, 6.45) is 4.37. The summed E-state index contributed by atoms with van der Waals surface area (Å²) >= 11 is 0. The van der Waals surface area contributed by atoms with Crippen molar-refractivity contribution >= 4 is 28.4 Å². The maximum atomic E-state index is 14.4. The average molecular weight is 378 g/mol. The highest BCUT2D eigenvalue weighted by Crippen LogP contribution is 2.26. The average Bonchev–Trinajstić information content (AvgIpc) is 3.10. The van der Waals surface area contributed by atoms with Crippen LogP contribution in [0.5, 0.6) is 0 Å². The largest absolute Gasteiger partial charge is 0.373 e. The monoisotopic (exact) mass is 378 g/mol. The molecule has 0 atom stereocenters. The Morgan fingerprint density at radius 2 is 1.68 bits per heavy atom. The third-order valence-corrected chi connectivity index (χ3v) is 3.99. The molecule has 1 aromatic carbocycles. The summed E-state index contributed by atoms with van der Waals surface area (Å²) in [4.78, 5) is 12.4. The van der Waals surface area contributed by atoms with Gasteiger partial charge in [0, 0.05) is 30.8 Å². The number of fused-ring (bicyclic) bond motifs is 1. The normalized spacial score (nSPS) is 10.6. The molecule has 4 aromatic rings. The van der Waals surface area contributed by atoms with Gasteiger partial charge in [0.1, 0.15) is 29.5 Å². The number of nitriles is 1. The molecule has 0 saturated carbocycles. The van der Waals surface area contributed by atoms with Crippen molar-refractivity contribution in [1.29, 1.82) is 5.26 Å². The first-order valence-corrected chi connectivity index (χ1v) is 8.09. The van der Waals surface area contributed by atoms with Crippen molar-refractivity contribution in [1.82, 2.24) is 24.7 Å². The maximum Gasteiger partial charge on any atom is 0.153 e. The molecule has 0 bridgehead atoms. The van der Waals surface area contributed by atoms with E-state index in [1.54, 1.807) is 25.2 Å². The van der Waals surface area contributed by atoms with Crippen LogP contribution in [0.3, 0.4) is 0 Å². The molecule has 0 unspecified atom stereocenters. The third kappa shape index (κ3) is 3.05. The van der Waals surface area contributed by atoms with Gasteiger partial charge in [-0.25, -0.2) is 28.4 Å². The lowest BCUT2D eigenvalue weighted by molar-refractivity contribution is 0.562. The van der Waals surface area contributed by atoms with Gasteiger partial charge in [0.15, 0.2) is 11.6 Å². The van der Waals surface area contributed by atoms with E-state index in [9.17, 15) is 8.78 Å². The van der Waals surface area contributed by atoms with Crippen molar-refractivity contribution in [2.75, 3.05) is 17.7 Å². The van der Waals surface area contributed by atoms with E-state index < -0.39 is 11.6 Å². The lowest BCUT2D eigenvalue weighted by Crippen LogP contribution is -2.04. The smallest absolute Gasteiger partial charge is 0.153 e. The molecule has 8 nitrogen and oxygen atoms in total. The number of rotatable bonds is 4. The minimum atomic E-state index is -0.887. The predicted molar refractivity (Wildman–Crippen MR) is 98.4 cm³/mol. The third-order valence-electron chi connectivity index (χ3n) is 3.99. The van der Waals surface area contributed by atoms with Gasteiger partial charge >= 0.3 is 0 Å². The molecule has 0 aliphatic heterocycles. The van der Waals surface area contributed by atoms with E-state index in [0.717, 1.165) is 16.8 Å². The van der Waals surface area contributed by atoms with Crippen LogP contribution >= 0.6 is 0 Å². The van der Waals surface area contributed by atoms with Crippen molar-refractivity contribution < 1.29 is 8.78 Å². The molecule has 138 valence electrons. The molecular formula is C18H12F2N8. The summed E-state index contributed by atoms with van der Waals surface area (Å²) in [5, 5.41) is 19.4. The first-order valence-electron chi connectivity index (χ1n) is 8.09. The molecule has 0 aliphatic carbocycles. The standard InChI is InChI=1S/C18H12F2N8/c1-22-15-5-17(25-9-24-15)27-16-4-14-11(7-23-16)8-26-28(14)18-12(19)2-10(6-21)3-13(18)20/h2-5,7-9H,1H3,(H2,22,23,24,25,27). The van der Waals surface area contributed by atoms with Crippen LogP contribution in [0.25, 0.3) is 16.6 Å². The Morgan fingerprint density at radius 1 is 0.964 bits per heavy atom. The molecule has 2 N–H and O–H groups in total. The van der Waals surface area contributed by atoms with Gasteiger partial charge in [-0.15, -0.1) is 0 Å². The lowest BCUT2D eigenvalue weighted by atomic mass is 10.2. The molecule has 10 heteroatoms. The Balaban J connectivity index is 1.78. The van der Waals surface area contributed by atoms with Crippen molar-refractivity contribution in [2.45, 2.75) is 0 Å². The topological polar surface area (TPSA) is 104 Å². The molecule has 0 radical (unpaired) electrons. The zero-order valence-electron chi connectivity index (χ0n) is 14.5. The van der Waals surface area contributed by atoms with Gasteiger partial charge in [0.05, 0.1) is 23.3 Å².